The molecule has 1 unspecified atom stereocenters. The Morgan fingerprint density at radius 2 is 2.00 bits per heavy atom. The highest BCUT2D eigenvalue weighted by Gasteiger charge is 2.29. The van der Waals surface area contributed by atoms with E-state index in [1.807, 2.05) is 26.0 Å². The quantitative estimate of drug-likeness (QED) is 0.517. The zero-order valence-corrected chi connectivity index (χ0v) is 18.4. The number of methoxy groups -OCH3 is 1. The highest BCUT2D eigenvalue weighted by atomic mass is 16.5. The third-order valence-electron chi connectivity index (χ3n) is 5.56. The lowest BCUT2D eigenvalue weighted by atomic mass is 10.00. The molecule has 168 valence electrons. The Bertz CT molecular complexity index is 1040. The predicted molar refractivity (Wildman–Crippen MR) is 119 cm³/mol. The number of aromatic nitrogens is 2. The highest BCUT2D eigenvalue weighted by Crippen LogP contribution is 2.18. The van der Waals surface area contributed by atoms with Gasteiger partial charge in [0.15, 0.2) is 12.2 Å². The van der Waals surface area contributed by atoms with Crippen LogP contribution in [0.1, 0.15) is 25.0 Å². The van der Waals surface area contributed by atoms with Crippen molar-refractivity contribution in [3.05, 3.63) is 56.2 Å². The number of hydrogen-bond donors (Lipinski definition) is 3. The zero-order valence-electron chi connectivity index (χ0n) is 18.4. The van der Waals surface area contributed by atoms with Gasteiger partial charge >= 0.3 is 5.69 Å². The third-order valence-corrected chi connectivity index (χ3v) is 5.56. The molecule has 3 rings (SSSR count). The van der Waals surface area contributed by atoms with E-state index < -0.39 is 11.2 Å². The number of benzene rings is 1. The van der Waals surface area contributed by atoms with Crippen molar-refractivity contribution in [2.45, 2.75) is 33.4 Å². The molecule has 2 heterocycles. The SMILES string of the molecule is COCCN(C(=O)C[NH+]1CCc2ccccc2C1)c1c(N)n(CC(C)C)c(=O)[nH]c1=O. The van der Waals surface area contributed by atoms with Gasteiger partial charge in [-0.3, -0.25) is 24.0 Å². The van der Waals surface area contributed by atoms with E-state index in [2.05, 4.69) is 17.1 Å². The summed E-state index contributed by atoms with van der Waals surface area (Å²) in [4.78, 5) is 43.1. The average Bonchev–Trinajstić information content (AvgIpc) is 2.73. The molecule has 0 spiro atoms. The molecule has 0 bridgehead atoms. The van der Waals surface area contributed by atoms with Crippen LogP contribution in [0.5, 0.6) is 0 Å². The van der Waals surface area contributed by atoms with Crippen molar-refractivity contribution >= 4 is 17.4 Å². The number of nitrogens with one attached hydrogen (secondary N) is 2. The zero-order chi connectivity index (χ0) is 22.5. The van der Waals surface area contributed by atoms with Gasteiger partial charge in [-0.1, -0.05) is 38.1 Å². The Labute approximate surface area is 181 Å². The number of ether oxygens (including phenoxy) is 1. The third kappa shape index (κ3) is 5.23. The molecule has 1 aliphatic rings. The molecule has 9 nitrogen and oxygen atoms in total. The fraction of sp³-hybridized carbons (Fsp3) is 0.500. The van der Waals surface area contributed by atoms with Crippen LogP contribution in [-0.2, 0) is 29.0 Å². The van der Waals surface area contributed by atoms with Crippen LogP contribution in [0.3, 0.4) is 0 Å². The molecule has 9 heteroatoms. The Hall–Kier alpha value is -2.91. The van der Waals surface area contributed by atoms with Crippen LogP contribution < -0.4 is 26.8 Å². The molecule has 1 aromatic carbocycles. The van der Waals surface area contributed by atoms with E-state index in [4.69, 9.17) is 10.5 Å². The fourth-order valence-corrected chi connectivity index (χ4v) is 4.03. The summed E-state index contributed by atoms with van der Waals surface area (Å²) in [7, 11) is 1.53. The Morgan fingerprint density at radius 1 is 1.29 bits per heavy atom. The second-order valence-corrected chi connectivity index (χ2v) is 8.41. The van der Waals surface area contributed by atoms with Crippen molar-refractivity contribution in [3.63, 3.8) is 0 Å². The van der Waals surface area contributed by atoms with Crippen LogP contribution in [0, 0.1) is 5.92 Å². The van der Waals surface area contributed by atoms with Crippen LogP contribution in [0.15, 0.2) is 33.9 Å². The van der Waals surface area contributed by atoms with Crippen LogP contribution in [0.2, 0.25) is 0 Å². The molecule has 1 aromatic heterocycles. The number of nitrogen functional groups attached to an aromatic ring is 1. The normalized spacial score (nSPS) is 15.7. The van der Waals surface area contributed by atoms with E-state index >= 15 is 0 Å². The number of quaternary nitrogens is 1. The largest absolute Gasteiger partial charge is 0.383 e. The van der Waals surface area contributed by atoms with Crippen molar-refractivity contribution in [2.75, 3.05) is 44.0 Å². The van der Waals surface area contributed by atoms with Gasteiger partial charge in [0.05, 0.1) is 13.2 Å². The molecule has 31 heavy (non-hydrogen) atoms. The minimum absolute atomic E-state index is 0.00546. The van der Waals surface area contributed by atoms with Crippen LogP contribution in [0.4, 0.5) is 11.5 Å². The molecule has 0 aliphatic carbocycles. The first-order valence-corrected chi connectivity index (χ1v) is 10.6. The molecule has 0 saturated heterocycles. The van der Waals surface area contributed by atoms with Crippen molar-refractivity contribution in [1.82, 2.24) is 9.55 Å². The molecule has 0 radical (unpaired) electrons. The number of amides is 1. The lowest BCUT2D eigenvalue weighted by molar-refractivity contribution is -0.907. The second-order valence-electron chi connectivity index (χ2n) is 8.41. The lowest BCUT2D eigenvalue weighted by Gasteiger charge is -2.29. The number of nitrogens with zero attached hydrogens (tertiary/aromatic N) is 2. The smallest absolute Gasteiger partial charge is 0.330 e. The summed E-state index contributed by atoms with van der Waals surface area (Å²) in [6, 6.07) is 8.25. The molecule has 1 atom stereocenters. The predicted octanol–water partition coefficient (Wildman–Crippen LogP) is -0.605. The number of aromatic amines is 1. The van der Waals surface area contributed by atoms with Gasteiger partial charge in [0.1, 0.15) is 12.4 Å². The van der Waals surface area contributed by atoms with E-state index in [1.54, 1.807) is 0 Å². The summed E-state index contributed by atoms with van der Waals surface area (Å²) >= 11 is 0. The Morgan fingerprint density at radius 3 is 2.68 bits per heavy atom. The van der Waals surface area contributed by atoms with E-state index in [1.165, 1.54) is 27.7 Å². The molecule has 0 saturated carbocycles. The van der Waals surface area contributed by atoms with Crippen LogP contribution in [0.25, 0.3) is 0 Å². The first kappa shape index (κ1) is 22.8. The number of nitrogens with two attached hydrogens (primary N) is 1. The number of carbonyl (C=O) groups is 1. The van der Waals surface area contributed by atoms with Gasteiger partial charge in [-0.2, -0.15) is 0 Å². The van der Waals surface area contributed by atoms with Crippen LogP contribution in [-0.4, -0.2) is 48.8 Å². The van der Waals surface area contributed by atoms with Gasteiger partial charge in [0.25, 0.3) is 11.5 Å². The Balaban J connectivity index is 1.89. The first-order valence-electron chi connectivity index (χ1n) is 10.6. The van der Waals surface area contributed by atoms with Crippen LogP contribution >= 0.6 is 0 Å². The number of rotatable bonds is 8. The standard InChI is InChI=1S/C22H31N5O4/c1-15(2)12-27-20(23)19(21(29)24-22(27)30)26(10-11-31-3)18(28)14-25-9-8-16-6-4-5-7-17(16)13-25/h4-7,15H,8-14,23H2,1-3H3,(H,24,29,30)/p+1. The fourth-order valence-electron chi connectivity index (χ4n) is 4.03. The van der Waals surface area contributed by atoms with Gasteiger partial charge < -0.3 is 15.4 Å². The van der Waals surface area contributed by atoms with Crippen molar-refractivity contribution in [3.8, 4) is 0 Å². The van der Waals surface area contributed by atoms with E-state index in [0.29, 0.717) is 6.54 Å². The summed E-state index contributed by atoms with van der Waals surface area (Å²) in [6.07, 6.45) is 0.902. The molecule has 1 amide bonds. The molecule has 0 fully saturated rings. The minimum atomic E-state index is -0.661. The van der Waals surface area contributed by atoms with E-state index in [-0.39, 0.29) is 43.0 Å². The monoisotopic (exact) mass is 430 g/mol. The number of hydrogen-bond acceptors (Lipinski definition) is 5. The summed E-state index contributed by atoms with van der Waals surface area (Å²) in [5.74, 6) is -0.0796. The van der Waals surface area contributed by atoms with E-state index in [0.717, 1.165) is 24.4 Å². The minimum Gasteiger partial charge on any atom is -0.383 e. The molecular weight excluding hydrogens is 398 g/mol. The maximum atomic E-state index is 13.3. The maximum Gasteiger partial charge on any atom is 0.330 e. The molecular formula is C22H32N5O4+. The number of anilines is 2. The van der Waals surface area contributed by atoms with Crippen molar-refractivity contribution < 1.29 is 14.4 Å². The summed E-state index contributed by atoms with van der Waals surface area (Å²) in [5.41, 5.74) is 7.58. The summed E-state index contributed by atoms with van der Waals surface area (Å²) in [5, 5.41) is 0. The van der Waals surface area contributed by atoms with Gasteiger partial charge in [-0.25, -0.2) is 4.79 Å². The second kappa shape index (κ2) is 9.93. The van der Waals surface area contributed by atoms with Gasteiger partial charge in [-0.15, -0.1) is 0 Å². The summed E-state index contributed by atoms with van der Waals surface area (Å²) < 4.78 is 6.47. The number of fused-ring (bicyclic) bond motifs is 1. The lowest BCUT2D eigenvalue weighted by Crippen LogP contribution is -3.13. The molecule has 1 aliphatic heterocycles. The first-order chi connectivity index (χ1) is 14.8. The summed E-state index contributed by atoms with van der Waals surface area (Å²) in [6.45, 7) is 6.45. The van der Waals surface area contributed by atoms with Crippen molar-refractivity contribution in [2.24, 2.45) is 5.92 Å². The van der Waals surface area contributed by atoms with Gasteiger partial charge in [-0.05, 0) is 11.5 Å². The number of H-pyrrole nitrogens is 1. The highest BCUT2D eigenvalue weighted by molar-refractivity contribution is 5.96. The maximum absolute atomic E-state index is 13.3. The molecule has 2 aromatic rings. The van der Waals surface area contributed by atoms with Gasteiger partial charge in [0, 0.05) is 32.2 Å². The Kier molecular flexibility index (Phi) is 7.29. The number of carbonyl (C=O) groups excluding carboxylic acids is 1. The topological polar surface area (TPSA) is 115 Å². The molecule has 4 N–H and O–H groups in total. The van der Waals surface area contributed by atoms with Gasteiger partial charge in [0.2, 0.25) is 0 Å². The van der Waals surface area contributed by atoms with Crippen molar-refractivity contribution in [1.29, 1.82) is 0 Å². The average molecular weight is 431 g/mol. The van der Waals surface area contributed by atoms with E-state index in [9.17, 15) is 14.4 Å².